The van der Waals surface area contributed by atoms with Crippen molar-refractivity contribution in [3.8, 4) is 0 Å². The van der Waals surface area contributed by atoms with E-state index >= 15 is 0 Å². The molecule has 0 bridgehead atoms. The summed E-state index contributed by atoms with van der Waals surface area (Å²) in [6.07, 6.45) is 0. The van der Waals surface area contributed by atoms with E-state index in [1.54, 1.807) is 11.9 Å². The van der Waals surface area contributed by atoms with E-state index in [0.29, 0.717) is 31.7 Å². The van der Waals surface area contributed by atoms with Crippen molar-refractivity contribution in [3.05, 3.63) is 5.89 Å². The third-order valence-electron chi connectivity index (χ3n) is 2.55. The first-order chi connectivity index (χ1) is 8.26. The van der Waals surface area contributed by atoms with Crippen LogP contribution in [0, 0.1) is 0 Å². The fourth-order valence-corrected chi connectivity index (χ4v) is 1.66. The van der Waals surface area contributed by atoms with Gasteiger partial charge >= 0.3 is 6.01 Å². The number of likely N-dealkylation sites (N-methyl/N-ethyl adjacent to an activating group) is 1. The van der Waals surface area contributed by atoms with Crippen LogP contribution in [0.2, 0.25) is 0 Å². The summed E-state index contributed by atoms with van der Waals surface area (Å²) in [6, 6.07) is -0.137. The SMILES string of the molecule is CNC(=O)C1COCCN1c1nnc(CN)o1. The zero-order valence-electron chi connectivity index (χ0n) is 9.55. The number of amides is 1. The molecule has 8 nitrogen and oxygen atoms in total. The third kappa shape index (κ3) is 2.37. The van der Waals surface area contributed by atoms with Crippen molar-refractivity contribution < 1.29 is 13.9 Å². The first-order valence-electron chi connectivity index (χ1n) is 5.34. The van der Waals surface area contributed by atoms with Crippen molar-refractivity contribution in [2.24, 2.45) is 5.73 Å². The zero-order chi connectivity index (χ0) is 12.3. The second-order valence-electron chi connectivity index (χ2n) is 3.58. The van der Waals surface area contributed by atoms with Gasteiger partial charge in [-0.2, -0.15) is 0 Å². The van der Waals surface area contributed by atoms with Crippen molar-refractivity contribution in [1.82, 2.24) is 15.5 Å². The summed E-state index contributed by atoms with van der Waals surface area (Å²) >= 11 is 0. The molecule has 0 spiro atoms. The highest BCUT2D eigenvalue weighted by Gasteiger charge is 2.32. The molecule has 3 N–H and O–H groups in total. The monoisotopic (exact) mass is 241 g/mol. The number of hydrogen-bond donors (Lipinski definition) is 2. The van der Waals surface area contributed by atoms with E-state index in [0.717, 1.165) is 0 Å². The highest BCUT2D eigenvalue weighted by atomic mass is 16.5. The lowest BCUT2D eigenvalue weighted by Crippen LogP contribution is -2.53. The fraction of sp³-hybridized carbons (Fsp3) is 0.667. The minimum Gasteiger partial charge on any atom is -0.407 e. The van der Waals surface area contributed by atoms with Gasteiger partial charge in [0.15, 0.2) is 0 Å². The average molecular weight is 241 g/mol. The molecular formula is C9H15N5O3. The van der Waals surface area contributed by atoms with Crippen molar-refractivity contribution >= 4 is 11.9 Å². The van der Waals surface area contributed by atoms with Crippen LogP contribution in [0.15, 0.2) is 4.42 Å². The maximum atomic E-state index is 11.7. The molecule has 0 aliphatic carbocycles. The second kappa shape index (κ2) is 5.11. The molecule has 0 radical (unpaired) electrons. The molecule has 1 aromatic rings. The van der Waals surface area contributed by atoms with Crippen LogP contribution in [0.5, 0.6) is 0 Å². The van der Waals surface area contributed by atoms with Crippen LogP contribution in [-0.4, -0.2) is 49.0 Å². The summed E-state index contributed by atoms with van der Waals surface area (Å²) in [5, 5.41) is 10.2. The van der Waals surface area contributed by atoms with Crippen LogP contribution in [-0.2, 0) is 16.1 Å². The lowest BCUT2D eigenvalue weighted by Gasteiger charge is -2.32. The molecule has 1 unspecified atom stereocenters. The Hall–Kier alpha value is -1.67. The lowest BCUT2D eigenvalue weighted by molar-refractivity contribution is -0.124. The number of hydrogen-bond acceptors (Lipinski definition) is 7. The normalized spacial score (nSPS) is 20.4. The lowest BCUT2D eigenvalue weighted by atomic mass is 10.2. The van der Waals surface area contributed by atoms with Gasteiger partial charge in [-0.1, -0.05) is 5.10 Å². The Morgan fingerprint density at radius 1 is 1.65 bits per heavy atom. The molecule has 17 heavy (non-hydrogen) atoms. The van der Waals surface area contributed by atoms with E-state index in [1.165, 1.54) is 0 Å². The molecule has 1 aliphatic heterocycles. The predicted molar refractivity (Wildman–Crippen MR) is 58.2 cm³/mol. The van der Waals surface area contributed by atoms with Gasteiger partial charge in [0.25, 0.3) is 0 Å². The van der Waals surface area contributed by atoms with Crippen molar-refractivity contribution in [1.29, 1.82) is 0 Å². The van der Waals surface area contributed by atoms with Gasteiger partial charge in [-0.25, -0.2) is 0 Å². The van der Waals surface area contributed by atoms with Crippen LogP contribution in [0.3, 0.4) is 0 Å². The van der Waals surface area contributed by atoms with Crippen LogP contribution < -0.4 is 16.0 Å². The van der Waals surface area contributed by atoms with Gasteiger partial charge in [-0.3, -0.25) is 4.79 Å². The van der Waals surface area contributed by atoms with Crippen LogP contribution in [0.1, 0.15) is 5.89 Å². The number of carbonyl (C=O) groups is 1. The predicted octanol–water partition coefficient (Wildman–Crippen LogP) is -1.52. The molecule has 1 aromatic heterocycles. The van der Waals surface area contributed by atoms with Gasteiger partial charge < -0.3 is 25.1 Å². The number of aromatic nitrogens is 2. The minimum atomic E-state index is -0.445. The first-order valence-corrected chi connectivity index (χ1v) is 5.34. The van der Waals surface area contributed by atoms with Crippen molar-refractivity contribution in [2.75, 3.05) is 31.7 Å². The smallest absolute Gasteiger partial charge is 0.319 e. The highest BCUT2D eigenvalue weighted by molar-refractivity contribution is 5.84. The number of morpholine rings is 1. The highest BCUT2D eigenvalue weighted by Crippen LogP contribution is 2.18. The Balaban J connectivity index is 2.18. The maximum Gasteiger partial charge on any atom is 0.319 e. The third-order valence-corrected chi connectivity index (χ3v) is 2.55. The second-order valence-corrected chi connectivity index (χ2v) is 3.58. The molecule has 8 heteroatoms. The number of nitrogens with two attached hydrogens (primary N) is 1. The summed E-state index contributed by atoms with van der Waals surface area (Å²) in [7, 11) is 1.58. The quantitative estimate of drug-likeness (QED) is 0.661. The minimum absolute atomic E-state index is 0.141. The van der Waals surface area contributed by atoms with Crippen molar-refractivity contribution in [2.45, 2.75) is 12.6 Å². The summed E-state index contributed by atoms with van der Waals surface area (Å²) in [5.74, 6) is 0.208. The topological polar surface area (TPSA) is 107 Å². The molecule has 2 heterocycles. The Kier molecular flexibility index (Phi) is 3.55. The molecule has 1 saturated heterocycles. The Labute approximate surface area is 98.1 Å². The number of rotatable bonds is 3. The molecule has 0 aromatic carbocycles. The molecule has 94 valence electrons. The van der Waals surface area contributed by atoms with Gasteiger partial charge in [0.2, 0.25) is 11.8 Å². The van der Waals surface area contributed by atoms with Gasteiger partial charge in [0, 0.05) is 13.6 Å². The first kappa shape index (κ1) is 11.8. The van der Waals surface area contributed by atoms with Crippen molar-refractivity contribution in [3.63, 3.8) is 0 Å². The largest absolute Gasteiger partial charge is 0.407 e. The zero-order valence-corrected chi connectivity index (χ0v) is 9.55. The van der Waals surface area contributed by atoms with E-state index in [4.69, 9.17) is 14.9 Å². The number of anilines is 1. The number of ether oxygens (including phenoxy) is 1. The number of nitrogens with zero attached hydrogens (tertiary/aromatic N) is 3. The van der Waals surface area contributed by atoms with Crippen LogP contribution >= 0.6 is 0 Å². The van der Waals surface area contributed by atoms with E-state index in [-0.39, 0.29) is 12.5 Å². The molecule has 2 rings (SSSR count). The molecular weight excluding hydrogens is 226 g/mol. The van der Waals surface area contributed by atoms with E-state index in [9.17, 15) is 4.79 Å². The molecule has 0 saturated carbocycles. The van der Waals surface area contributed by atoms with Gasteiger partial charge in [0.1, 0.15) is 6.04 Å². The summed E-state index contributed by atoms with van der Waals surface area (Å²) < 4.78 is 10.6. The Bertz CT molecular complexity index is 394. The van der Waals surface area contributed by atoms with Gasteiger partial charge in [-0.15, -0.1) is 5.10 Å². The standard InChI is InChI=1S/C9H15N5O3/c1-11-8(15)6-5-16-3-2-14(6)9-13-12-7(4-10)17-9/h6H,2-5,10H2,1H3,(H,11,15). The van der Waals surface area contributed by atoms with Gasteiger partial charge in [0.05, 0.1) is 19.8 Å². The van der Waals surface area contributed by atoms with E-state index in [1.807, 2.05) is 0 Å². The molecule has 1 atom stereocenters. The Morgan fingerprint density at radius 3 is 3.12 bits per heavy atom. The summed E-state index contributed by atoms with van der Waals surface area (Å²) in [5.41, 5.74) is 5.39. The molecule has 1 fully saturated rings. The molecule has 1 amide bonds. The van der Waals surface area contributed by atoms with Crippen LogP contribution in [0.25, 0.3) is 0 Å². The van der Waals surface area contributed by atoms with Gasteiger partial charge in [-0.05, 0) is 0 Å². The fourth-order valence-electron chi connectivity index (χ4n) is 1.66. The maximum absolute atomic E-state index is 11.7. The van der Waals surface area contributed by atoms with Crippen LogP contribution in [0.4, 0.5) is 6.01 Å². The van der Waals surface area contributed by atoms with E-state index < -0.39 is 6.04 Å². The van der Waals surface area contributed by atoms with E-state index in [2.05, 4.69) is 15.5 Å². The Morgan fingerprint density at radius 2 is 2.47 bits per heavy atom. The molecule has 1 aliphatic rings. The average Bonchev–Trinajstić information content (AvgIpc) is 2.86. The summed E-state index contributed by atoms with van der Waals surface area (Å²) in [4.78, 5) is 13.4. The number of carbonyl (C=O) groups excluding carboxylic acids is 1. The summed E-state index contributed by atoms with van der Waals surface area (Å²) in [6.45, 7) is 1.54. The number of nitrogens with one attached hydrogen (secondary N) is 1.